The van der Waals surface area contributed by atoms with Crippen molar-refractivity contribution in [3.05, 3.63) is 30.3 Å². The summed E-state index contributed by atoms with van der Waals surface area (Å²) in [5.74, 6) is 0.933. The van der Waals surface area contributed by atoms with Gasteiger partial charge in [0.1, 0.15) is 5.75 Å². The van der Waals surface area contributed by atoms with E-state index in [4.69, 9.17) is 16.9 Å². The monoisotopic (exact) mass is 212 g/mol. The Morgan fingerprint density at radius 2 is 2.08 bits per heavy atom. The minimum absolute atomic E-state index is 0.337. The lowest BCUT2D eigenvalue weighted by Gasteiger charge is -2.08. The second-order valence-electron chi connectivity index (χ2n) is 2.41. The normalized spacial score (nSPS) is 9.38. The smallest absolute Gasteiger partial charge is 0.532 e. The van der Waals surface area contributed by atoms with Crippen LogP contribution in [0.2, 0.25) is 0 Å². The molecule has 0 unspecified atom stereocenters. The second-order valence-corrected chi connectivity index (χ2v) is 3.25. The molecule has 0 aliphatic rings. The van der Waals surface area contributed by atoms with Crippen LogP contribution in [0.3, 0.4) is 0 Å². The molecule has 1 N–H and O–H groups in total. The molecule has 0 aromatic heterocycles. The molecule has 5 heteroatoms. The van der Waals surface area contributed by atoms with Crippen LogP contribution in [-0.2, 0) is 0 Å². The minimum Gasteiger partial charge on any atom is -0.532 e. The molecule has 0 amide bonds. The molecule has 0 bridgehead atoms. The molecule has 0 spiro atoms. The van der Waals surface area contributed by atoms with Crippen molar-refractivity contribution < 1.29 is 9.68 Å². The lowest BCUT2D eigenvalue weighted by molar-refractivity contribution is 0.438. The van der Waals surface area contributed by atoms with Gasteiger partial charge < -0.3 is 9.68 Å². The molecule has 0 heterocycles. The predicted molar refractivity (Wildman–Crippen MR) is 61.5 cm³/mol. The van der Waals surface area contributed by atoms with Crippen molar-refractivity contribution in [2.75, 3.05) is 5.75 Å². The van der Waals surface area contributed by atoms with Gasteiger partial charge in [-0.1, -0.05) is 30.4 Å². The minimum atomic E-state index is -1.05. The van der Waals surface area contributed by atoms with E-state index >= 15 is 0 Å². The van der Waals surface area contributed by atoms with E-state index in [-0.39, 0.29) is 0 Å². The van der Waals surface area contributed by atoms with Gasteiger partial charge in [-0.25, -0.2) is 0 Å². The highest BCUT2D eigenvalue weighted by Crippen LogP contribution is 2.09. The van der Waals surface area contributed by atoms with Crippen LogP contribution in [0.15, 0.2) is 30.3 Å². The fraction of sp³-hybridized carbons (Fsp3) is 0.125. The molecular weight excluding hydrogens is 203 g/mol. The van der Waals surface area contributed by atoms with Gasteiger partial charge >= 0.3 is 7.12 Å². The average molecular weight is 212 g/mol. The van der Waals surface area contributed by atoms with Gasteiger partial charge in [0.15, 0.2) is 0 Å². The zero-order valence-corrected chi connectivity index (χ0v) is 8.59. The first-order valence-corrected chi connectivity index (χ1v) is 4.81. The Labute approximate surface area is 88.5 Å². The molecule has 1 rings (SSSR count). The van der Waals surface area contributed by atoms with Crippen molar-refractivity contribution in [1.82, 2.24) is 0 Å². The van der Waals surface area contributed by atoms with Gasteiger partial charge in [0, 0.05) is 10.5 Å². The Morgan fingerprint density at radius 1 is 1.46 bits per heavy atom. The molecule has 0 aliphatic carbocycles. The topological polar surface area (TPSA) is 29.5 Å². The lowest BCUT2D eigenvalue weighted by Crippen LogP contribution is -2.32. The first-order valence-electron chi connectivity index (χ1n) is 3.77. The summed E-state index contributed by atoms with van der Waals surface area (Å²) in [6, 6.07) is 9.03. The van der Waals surface area contributed by atoms with Crippen LogP contribution >= 0.6 is 24.8 Å². The Kier molecular flexibility index (Phi) is 4.28. The summed E-state index contributed by atoms with van der Waals surface area (Å²) < 4.78 is 5.51. The summed E-state index contributed by atoms with van der Waals surface area (Å²) in [6.45, 7) is 0. The zero-order chi connectivity index (χ0) is 9.68. The fourth-order valence-electron chi connectivity index (χ4n) is 0.772. The Morgan fingerprint density at radius 3 is 2.62 bits per heavy atom. The third-order valence-electron chi connectivity index (χ3n) is 1.42. The molecule has 2 nitrogen and oxygen atoms in total. The highest BCUT2D eigenvalue weighted by Gasteiger charge is 2.20. The van der Waals surface area contributed by atoms with Crippen molar-refractivity contribution in [3.63, 3.8) is 0 Å². The zero-order valence-electron chi connectivity index (χ0n) is 6.88. The molecule has 0 aliphatic heterocycles. The Hall–Kier alpha value is -0.515. The van der Waals surface area contributed by atoms with E-state index in [1.54, 1.807) is 12.1 Å². The van der Waals surface area contributed by atoms with Gasteiger partial charge in [0.25, 0.3) is 0 Å². The quantitative estimate of drug-likeness (QED) is 0.449. The van der Waals surface area contributed by atoms with Crippen LogP contribution < -0.4 is 4.65 Å². The van der Waals surface area contributed by atoms with Gasteiger partial charge in [-0.3, -0.25) is 0 Å². The van der Waals surface area contributed by atoms with Gasteiger partial charge in [-0.05, 0) is 12.1 Å². The number of rotatable bonds is 4. The van der Waals surface area contributed by atoms with Gasteiger partial charge in [-0.2, -0.15) is 12.6 Å². The fourth-order valence-corrected chi connectivity index (χ4v) is 0.976. The molecule has 0 saturated carbocycles. The van der Waals surface area contributed by atoms with E-state index in [0.29, 0.717) is 16.3 Å². The van der Waals surface area contributed by atoms with E-state index < -0.39 is 7.12 Å². The average Bonchev–Trinajstić information content (AvgIpc) is 2.18. The maximum absolute atomic E-state index is 9.36. The first kappa shape index (κ1) is 10.6. The summed E-state index contributed by atoms with van der Waals surface area (Å²) in [5.41, 5.74) is 0. The molecule has 1 aromatic rings. The molecule has 0 atom stereocenters. The van der Waals surface area contributed by atoms with Crippen molar-refractivity contribution >= 4 is 36.7 Å². The van der Waals surface area contributed by atoms with E-state index in [1.807, 2.05) is 18.2 Å². The third-order valence-corrected chi connectivity index (χ3v) is 2.32. The summed E-state index contributed by atoms with van der Waals surface area (Å²) in [7, 11) is -1.05. The van der Waals surface area contributed by atoms with E-state index in [1.165, 1.54) is 0 Å². The van der Waals surface area contributed by atoms with Crippen LogP contribution in [0.1, 0.15) is 0 Å². The van der Waals surface area contributed by atoms with Crippen LogP contribution in [0.25, 0.3) is 0 Å². The van der Waals surface area contributed by atoms with Crippen LogP contribution in [0.5, 0.6) is 5.75 Å². The maximum Gasteiger partial charge on any atom is 0.568 e. The van der Waals surface area contributed by atoms with Crippen LogP contribution in [-0.4, -0.2) is 22.7 Å². The number of hydrogen-bond acceptors (Lipinski definition) is 4. The molecule has 68 valence electrons. The van der Waals surface area contributed by atoms with E-state index in [2.05, 4.69) is 12.6 Å². The number of thiocarbonyl (C=S) groups is 1. The number of hydrogen-bond donors (Lipinski definition) is 2. The summed E-state index contributed by atoms with van der Waals surface area (Å²) in [5, 5.41) is 9.36. The Balaban J connectivity index is 2.55. The highest BCUT2D eigenvalue weighted by atomic mass is 32.1. The van der Waals surface area contributed by atoms with Crippen LogP contribution in [0.4, 0.5) is 0 Å². The summed E-state index contributed by atoms with van der Waals surface area (Å²) in [6.07, 6.45) is 0. The van der Waals surface area contributed by atoms with Crippen LogP contribution in [0, 0.1) is 0 Å². The number of benzene rings is 1. The largest absolute Gasteiger partial charge is 0.568 e. The van der Waals surface area contributed by atoms with Gasteiger partial charge in [0.2, 0.25) is 0 Å². The van der Waals surface area contributed by atoms with Crippen molar-refractivity contribution in [2.24, 2.45) is 0 Å². The number of para-hydroxylation sites is 1. The SMILES string of the molecule is OB(Oc1ccccc1)C(=S)CS. The summed E-state index contributed by atoms with van der Waals surface area (Å²) >= 11 is 8.77. The van der Waals surface area contributed by atoms with Crippen molar-refractivity contribution in [1.29, 1.82) is 0 Å². The van der Waals surface area contributed by atoms with E-state index in [0.717, 1.165) is 0 Å². The first-order chi connectivity index (χ1) is 6.24. The predicted octanol–water partition coefficient (Wildman–Crippen LogP) is 1.38. The molecule has 0 radical (unpaired) electrons. The summed E-state index contributed by atoms with van der Waals surface area (Å²) in [4.78, 5) is 0. The highest BCUT2D eigenvalue weighted by molar-refractivity contribution is 7.88. The van der Waals surface area contributed by atoms with Gasteiger partial charge in [-0.15, -0.1) is 0 Å². The molecular formula is C8H9BO2S2. The molecule has 0 saturated heterocycles. The second kappa shape index (κ2) is 5.27. The van der Waals surface area contributed by atoms with Crippen molar-refractivity contribution in [3.8, 4) is 5.75 Å². The maximum atomic E-state index is 9.36. The number of thiol groups is 1. The molecule has 13 heavy (non-hydrogen) atoms. The van der Waals surface area contributed by atoms with Gasteiger partial charge in [0.05, 0.1) is 0 Å². The van der Waals surface area contributed by atoms with Crippen molar-refractivity contribution in [2.45, 2.75) is 0 Å². The third kappa shape index (κ3) is 3.38. The lowest BCUT2D eigenvalue weighted by atomic mass is 9.86. The molecule has 1 aromatic carbocycles. The molecule has 0 fully saturated rings. The van der Waals surface area contributed by atoms with E-state index in [9.17, 15) is 5.02 Å². The standard InChI is InChI=1S/C8H9BO2S2/c10-9(8(13)6-12)11-7-4-2-1-3-5-7/h1-5,10,12H,6H2. The Bertz CT molecular complexity index is 279.